The van der Waals surface area contributed by atoms with Crippen LogP contribution in [0.15, 0.2) is 42.5 Å². The summed E-state index contributed by atoms with van der Waals surface area (Å²) in [6.45, 7) is -1.75. The Kier molecular flexibility index (Phi) is 6.39. The van der Waals surface area contributed by atoms with Gasteiger partial charge < -0.3 is 14.8 Å². The predicted octanol–water partition coefficient (Wildman–Crippen LogP) is 4.95. The van der Waals surface area contributed by atoms with Gasteiger partial charge in [0, 0.05) is 16.8 Å². The molecule has 25 heavy (non-hydrogen) atoms. The van der Waals surface area contributed by atoms with Crippen LogP contribution in [0.4, 0.5) is 18.9 Å². The van der Waals surface area contributed by atoms with Crippen molar-refractivity contribution < 1.29 is 27.4 Å². The lowest BCUT2D eigenvalue weighted by molar-refractivity contribution is -0.153. The molecule has 0 bridgehead atoms. The normalized spacial score (nSPS) is 11.1. The minimum atomic E-state index is -4.44. The number of carbonyl (C=O) groups is 1. The van der Waals surface area contributed by atoms with Crippen molar-refractivity contribution in [2.45, 2.75) is 6.18 Å². The number of alkyl halides is 3. The molecule has 0 aliphatic heterocycles. The van der Waals surface area contributed by atoms with Gasteiger partial charge in [0.05, 0.1) is 5.02 Å². The maximum atomic E-state index is 12.1. The van der Waals surface area contributed by atoms with Gasteiger partial charge in [0.15, 0.2) is 13.2 Å². The number of ether oxygens (including phenoxy) is 2. The molecule has 2 aromatic rings. The first-order valence-electron chi connectivity index (χ1n) is 6.90. The first-order chi connectivity index (χ1) is 11.7. The number of benzene rings is 2. The highest BCUT2D eigenvalue weighted by atomic mass is 35.5. The summed E-state index contributed by atoms with van der Waals surface area (Å²) in [5.74, 6) is -0.251. The van der Waals surface area contributed by atoms with E-state index in [0.29, 0.717) is 5.02 Å². The summed E-state index contributed by atoms with van der Waals surface area (Å²) < 4.78 is 46.3. The quantitative estimate of drug-likeness (QED) is 0.754. The van der Waals surface area contributed by atoms with E-state index in [1.165, 1.54) is 36.4 Å². The van der Waals surface area contributed by atoms with E-state index >= 15 is 0 Å². The molecule has 1 amide bonds. The van der Waals surface area contributed by atoms with Crippen LogP contribution in [0.3, 0.4) is 0 Å². The van der Waals surface area contributed by atoms with E-state index in [2.05, 4.69) is 10.1 Å². The molecule has 0 fully saturated rings. The van der Waals surface area contributed by atoms with E-state index in [1.54, 1.807) is 6.07 Å². The van der Waals surface area contributed by atoms with Gasteiger partial charge in [0.2, 0.25) is 0 Å². The number of anilines is 1. The van der Waals surface area contributed by atoms with Gasteiger partial charge in [0.1, 0.15) is 11.5 Å². The molecule has 0 atom stereocenters. The molecule has 0 unspecified atom stereocenters. The second-order valence-corrected chi connectivity index (χ2v) is 5.69. The van der Waals surface area contributed by atoms with E-state index in [4.69, 9.17) is 27.9 Å². The predicted molar refractivity (Wildman–Crippen MR) is 88.6 cm³/mol. The monoisotopic (exact) mass is 393 g/mol. The zero-order valence-corrected chi connectivity index (χ0v) is 14.1. The zero-order chi connectivity index (χ0) is 18.4. The van der Waals surface area contributed by atoms with Crippen molar-refractivity contribution in [2.75, 3.05) is 18.5 Å². The number of amides is 1. The molecule has 2 rings (SSSR count). The van der Waals surface area contributed by atoms with Gasteiger partial charge in [0.25, 0.3) is 5.91 Å². The van der Waals surface area contributed by atoms with E-state index in [0.717, 1.165) is 0 Å². The number of rotatable bonds is 6. The molecule has 0 saturated heterocycles. The van der Waals surface area contributed by atoms with Crippen LogP contribution in [-0.2, 0) is 4.79 Å². The molecule has 0 aliphatic rings. The first-order valence-corrected chi connectivity index (χ1v) is 7.66. The second-order valence-electron chi connectivity index (χ2n) is 4.84. The lowest BCUT2D eigenvalue weighted by Crippen LogP contribution is -2.21. The van der Waals surface area contributed by atoms with E-state index in [1.807, 2.05) is 0 Å². The highest BCUT2D eigenvalue weighted by Crippen LogP contribution is 2.27. The summed E-state index contributed by atoms with van der Waals surface area (Å²) in [6, 6.07) is 10.1. The maximum Gasteiger partial charge on any atom is 0.422 e. The molecule has 9 heteroatoms. The number of hydrogen-bond donors (Lipinski definition) is 1. The molecule has 0 aliphatic carbocycles. The van der Waals surface area contributed by atoms with Crippen LogP contribution in [0.1, 0.15) is 0 Å². The molecule has 0 aromatic heterocycles. The SMILES string of the molecule is O=C(COc1ccc(Cl)cc1Cl)Nc1cccc(OCC(F)(F)F)c1. The molecule has 0 saturated carbocycles. The highest BCUT2D eigenvalue weighted by Gasteiger charge is 2.28. The van der Waals surface area contributed by atoms with Crippen molar-refractivity contribution in [1.29, 1.82) is 0 Å². The van der Waals surface area contributed by atoms with Crippen LogP contribution in [0, 0.1) is 0 Å². The zero-order valence-electron chi connectivity index (χ0n) is 12.6. The molecule has 4 nitrogen and oxygen atoms in total. The summed E-state index contributed by atoms with van der Waals surface area (Å²) in [7, 11) is 0. The molecular weight excluding hydrogens is 382 g/mol. The Bertz CT molecular complexity index is 754. The number of hydrogen-bond acceptors (Lipinski definition) is 3. The Morgan fingerprint density at radius 3 is 2.52 bits per heavy atom. The third kappa shape index (κ3) is 6.72. The molecule has 0 heterocycles. The van der Waals surface area contributed by atoms with E-state index in [-0.39, 0.29) is 28.8 Å². The fourth-order valence-corrected chi connectivity index (χ4v) is 2.22. The average molecular weight is 394 g/mol. The van der Waals surface area contributed by atoms with Gasteiger partial charge >= 0.3 is 6.18 Å². The van der Waals surface area contributed by atoms with Crippen molar-refractivity contribution in [2.24, 2.45) is 0 Å². The molecule has 0 spiro atoms. The van der Waals surface area contributed by atoms with Crippen molar-refractivity contribution in [3.05, 3.63) is 52.5 Å². The van der Waals surface area contributed by atoms with Crippen molar-refractivity contribution in [3.63, 3.8) is 0 Å². The smallest absolute Gasteiger partial charge is 0.422 e. The van der Waals surface area contributed by atoms with Crippen LogP contribution < -0.4 is 14.8 Å². The molecule has 2 aromatic carbocycles. The number of halogens is 5. The standard InChI is InChI=1S/C16H12Cl2F3NO3/c17-10-4-5-14(13(18)6-10)24-8-15(23)22-11-2-1-3-12(7-11)25-9-16(19,20)21/h1-7H,8-9H2,(H,22,23). The summed E-state index contributed by atoms with van der Waals surface area (Å²) >= 11 is 11.7. The third-order valence-corrected chi connectivity index (χ3v) is 3.30. The molecule has 1 N–H and O–H groups in total. The van der Waals surface area contributed by atoms with Crippen LogP contribution in [0.25, 0.3) is 0 Å². The maximum absolute atomic E-state index is 12.1. The summed E-state index contributed by atoms with van der Waals surface area (Å²) in [5, 5.41) is 3.17. The highest BCUT2D eigenvalue weighted by molar-refractivity contribution is 6.35. The van der Waals surface area contributed by atoms with Gasteiger partial charge in [-0.15, -0.1) is 0 Å². The summed E-state index contributed by atoms with van der Waals surface area (Å²) in [4.78, 5) is 11.9. The van der Waals surface area contributed by atoms with Crippen LogP contribution in [0.5, 0.6) is 11.5 Å². The Morgan fingerprint density at radius 2 is 1.84 bits per heavy atom. The van der Waals surface area contributed by atoms with Gasteiger partial charge in [-0.25, -0.2) is 0 Å². The molecule has 134 valence electrons. The Hall–Kier alpha value is -2.12. The van der Waals surface area contributed by atoms with Gasteiger partial charge in [-0.05, 0) is 30.3 Å². The minimum Gasteiger partial charge on any atom is -0.484 e. The Morgan fingerprint density at radius 1 is 1.08 bits per heavy atom. The van der Waals surface area contributed by atoms with E-state index < -0.39 is 18.7 Å². The summed E-state index contributed by atoms with van der Waals surface area (Å²) in [5.41, 5.74) is 0.274. The van der Waals surface area contributed by atoms with Gasteiger partial charge in [-0.3, -0.25) is 4.79 Å². The average Bonchev–Trinajstić information content (AvgIpc) is 2.52. The van der Waals surface area contributed by atoms with Crippen molar-refractivity contribution in [3.8, 4) is 11.5 Å². The fourth-order valence-electron chi connectivity index (χ4n) is 1.76. The largest absolute Gasteiger partial charge is 0.484 e. The van der Waals surface area contributed by atoms with Gasteiger partial charge in [-0.1, -0.05) is 29.3 Å². The Labute approximate surface area is 151 Å². The third-order valence-electron chi connectivity index (χ3n) is 2.77. The minimum absolute atomic E-state index is 0.0169. The summed E-state index contributed by atoms with van der Waals surface area (Å²) in [6.07, 6.45) is -4.44. The van der Waals surface area contributed by atoms with E-state index in [9.17, 15) is 18.0 Å². The molecular formula is C16H12Cl2F3NO3. The van der Waals surface area contributed by atoms with Crippen molar-refractivity contribution in [1.82, 2.24) is 0 Å². The van der Waals surface area contributed by atoms with Crippen LogP contribution in [0.2, 0.25) is 10.0 Å². The first kappa shape index (κ1) is 19.2. The number of carbonyl (C=O) groups excluding carboxylic acids is 1. The number of nitrogens with one attached hydrogen (secondary N) is 1. The van der Waals surface area contributed by atoms with Crippen LogP contribution >= 0.6 is 23.2 Å². The van der Waals surface area contributed by atoms with Crippen LogP contribution in [-0.4, -0.2) is 25.3 Å². The van der Waals surface area contributed by atoms with Crippen molar-refractivity contribution >= 4 is 34.8 Å². The fraction of sp³-hybridized carbons (Fsp3) is 0.188. The Balaban J connectivity index is 1.89. The topological polar surface area (TPSA) is 47.6 Å². The second kappa shape index (κ2) is 8.31. The molecule has 0 radical (unpaired) electrons. The lowest BCUT2D eigenvalue weighted by Gasteiger charge is -2.11. The lowest BCUT2D eigenvalue weighted by atomic mass is 10.3. The van der Waals surface area contributed by atoms with Gasteiger partial charge in [-0.2, -0.15) is 13.2 Å².